The van der Waals surface area contributed by atoms with Crippen molar-refractivity contribution < 1.29 is 9.53 Å². The van der Waals surface area contributed by atoms with Crippen LogP contribution in [-0.2, 0) is 9.53 Å². The fraction of sp³-hybridized carbons (Fsp3) is 0.350. The summed E-state index contributed by atoms with van der Waals surface area (Å²) in [5.74, 6) is 0.0366. The van der Waals surface area contributed by atoms with Crippen LogP contribution in [0.15, 0.2) is 58.3 Å². The van der Waals surface area contributed by atoms with Crippen molar-refractivity contribution in [2.75, 3.05) is 32.1 Å². The number of ether oxygens (including phenoxy) is 1. The van der Waals surface area contributed by atoms with Crippen LogP contribution in [0.25, 0.3) is 0 Å². The third kappa shape index (κ3) is 5.87. The quantitative estimate of drug-likeness (QED) is 0.691. The summed E-state index contributed by atoms with van der Waals surface area (Å²) in [5.41, 5.74) is 0.349. The highest BCUT2D eigenvalue weighted by molar-refractivity contribution is 7.99. The predicted octanol–water partition coefficient (Wildman–Crippen LogP) is 4.87. The molecule has 0 saturated carbocycles. The van der Waals surface area contributed by atoms with E-state index in [4.69, 9.17) is 16.3 Å². The van der Waals surface area contributed by atoms with Crippen LogP contribution < -0.4 is 10.6 Å². The second kappa shape index (κ2) is 10.3. The molecule has 0 spiro atoms. The van der Waals surface area contributed by atoms with Gasteiger partial charge in [0.25, 0.3) is 0 Å². The van der Waals surface area contributed by atoms with Crippen molar-refractivity contribution >= 4 is 47.4 Å². The maximum absolute atomic E-state index is 12.9. The monoisotopic (exact) mass is 426 g/mol. The number of piperidine rings is 1. The smallest absolute Gasteiger partial charge is 0.233 e. The van der Waals surface area contributed by atoms with E-state index in [1.807, 2.05) is 48.5 Å². The van der Waals surface area contributed by atoms with Gasteiger partial charge in [0, 0.05) is 27.6 Å². The minimum absolute atomic E-state index is 0. The zero-order valence-electron chi connectivity index (χ0n) is 15.2. The summed E-state index contributed by atoms with van der Waals surface area (Å²) < 4.78 is 5.35. The molecule has 1 heterocycles. The molecule has 1 fully saturated rings. The number of hydrogen-bond acceptors (Lipinski definition) is 4. The number of anilines is 1. The third-order valence-corrected chi connectivity index (χ3v) is 5.85. The second-order valence-corrected chi connectivity index (χ2v) is 8.08. The van der Waals surface area contributed by atoms with Crippen LogP contribution in [-0.4, -0.2) is 32.7 Å². The van der Waals surface area contributed by atoms with Crippen LogP contribution in [0.3, 0.4) is 0 Å². The Morgan fingerprint density at radius 2 is 1.89 bits per heavy atom. The van der Waals surface area contributed by atoms with Gasteiger partial charge in [-0.05, 0) is 68.4 Å². The van der Waals surface area contributed by atoms with Gasteiger partial charge in [-0.3, -0.25) is 4.79 Å². The Balaban J connectivity index is 0.00000261. The van der Waals surface area contributed by atoms with Gasteiger partial charge < -0.3 is 15.4 Å². The lowest BCUT2D eigenvalue weighted by molar-refractivity contribution is -0.130. The second-order valence-electron chi connectivity index (χ2n) is 6.50. The molecule has 1 amide bonds. The maximum atomic E-state index is 12.9. The normalized spacial score (nSPS) is 15.6. The molecule has 0 aromatic heterocycles. The van der Waals surface area contributed by atoms with E-state index in [0.717, 1.165) is 46.4 Å². The average molecular weight is 427 g/mol. The van der Waals surface area contributed by atoms with Gasteiger partial charge in [0.05, 0.1) is 12.0 Å². The topological polar surface area (TPSA) is 50.4 Å². The fourth-order valence-corrected chi connectivity index (χ4v) is 4.16. The molecule has 0 radical (unpaired) electrons. The average Bonchev–Trinajstić information content (AvgIpc) is 2.65. The van der Waals surface area contributed by atoms with E-state index in [0.29, 0.717) is 6.61 Å². The third-order valence-electron chi connectivity index (χ3n) is 4.60. The van der Waals surface area contributed by atoms with Crippen LogP contribution in [0.4, 0.5) is 5.69 Å². The largest absolute Gasteiger partial charge is 0.384 e. The minimum Gasteiger partial charge on any atom is -0.384 e. The van der Waals surface area contributed by atoms with Crippen molar-refractivity contribution in [3.63, 3.8) is 0 Å². The van der Waals surface area contributed by atoms with Crippen LogP contribution in [0.5, 0.6) is 0 Å². The summed E-state index contributed by atoms with van der Waals surface area (Å²) >= 11 is 7.58. The van der Waals surface area contributed by atoms with Gasteiger partial charge in [-0.2, -0.15) is 0 Å². The van der Waals surface area contributed by atoms with Gasteiger partial charge in [-0.15, -0.1) is 12.4 Å². The van der Waals surface area contributed by atoms with E-state index in [2.05, 4.69) is 10.6 Å². The number of rotatable bonds is 6. The lowest BCUT2D eigenvalue weighted by Gasteiger charge is -2.35. The molecule has 4 nitrogen and oxygen atoms in total. The Morgan fingerprint density at radius 3 is 2.56 bits per heavy atom. The van der Waals surface area contributed by atoms with Crippen LogP contribution in [0, 0.1) is 5.41 Å². The highest BCUT2D eigenvalue weighted by atomic mass is 35.5. The maximum Gasteiger partial charge on any atom is 0.233 e. The first-order chi connectivity index (χ1) is 12.6. The Kier molecular flexibility index (Phi) is 8.45. The number of methoxy groups -OCH3 is 1. The van der Waals surface area contributed by atoms with Gasteiger partial charge in [0.15, 0.2) is 0 Å². The van der Waals surface area contributed by atoms with Crippen molar-refractivity contribution in [1.82, 2.24) is 5.32 Å². The van der Waals surface area contributed by atoms with Crippen molar-refractivity contribution in [3.05, 3.63) is 53.6 Å². The summed E-state index contributed by atoms with van der Waals surface area (Å²) in [6, 6.07) is 15.6. The van der Waals surface area contributed by atoms with Gasteiger partial charge in [-0.1, -0.05) is 29.4 Å². The molecule has 0 unspecified atom stereocenters. The number of carbonyl (C=O) groups excluding carboxylic acids is 1. The zero-order valence-corrected chi connectivity index (χ0v) is 17.6. The molecule has 1 saturated heterocycles. The fourth-order valence-electron chi connectivity index (χ4n) is 3.16. The molecular formula is C20H24Cl2N2O2S. The standard InChI is InChI=1S/C20H23ClN2O2S.ClH/c1-25-14-20(9-11-22-12-10-20)19(24)23-16-3-2-4-18(13-16)26-17-7-5-15(21)6-8-17;/h2-8,13,22H,9-12,14H2,1H3,(H,23,24);1H. The van der Waals surface area contributed by atoms with Crippen LogP contribution in [0.2, 0.25) is 5.02 Å². The molecule has 0 bridgehead atoms. The molecule has 7 heteroatoms. The molecule has 1 aliphatic rings. The van der Waals surface area contributed by atoms with Gasteiger partial charge in [0.1, 0.15) is 0 Å². The van der Waals surface area contributed by atoms with E-state index in [1.165, 1.54) is 0 Å². The number of hydrogen-bond donors (Lipinski definition) is 2. The van der Waals surface area contributed by atoms with Gasteiger partial charge in [-0.25, -0.2) is 0 Å². The molecule has 3 rings (SSSR count). The summed E-state index contributed by atoms with van der Waals surface area (Å²) in [7, 11) is 1.65. The molecule has 27 heavy (non-hydrogen) atoms. The summed E-state index contributed by atoms with van der Waals surface area (Å²) in [6.45, 7) is 2.12. The van der Waals surface area contributed by atoms with E-state index in [1.54, 1.807) is 18.9 Å². The number of benzene rings is 2. The molecule has 1 aliphatic heterocycles. The van der Waals surface area contributed by atoms with Crippen molar-refractivity contribution in [2.45, 2.75) is 22.6 Å². The zero-order chi connectivity index (χ0) is 18.4. The highest BCUT2D eigenvalue weighted by Gasteiger charge is 2.39. The number of nitrogens with one attached hydrogen (secondary N) is 2. The van der Waals surface area contributed by atoms with E-state index in [9.17, 15) is 4.79 Å². The first kappa shape index (κ1) is 22.1. The molecule has 2 aromatic carbocycles. The Morgan fingerprint density at radius 1 is 1.19 bits per heavy atom. The minimum atomic E-state index is -0.459. The van der Waals surface area contributed by atoms with Crippen molar-refractivity contribution in [2.24, 2.45) is 5.41 Å². The van der Waals surface area contributed by atoms with Crippen molar-refractivity contribution in [3.8, 4) is 0 Å². The molecule has 0 aliphatic carbocycles. The molecule has 0 atom stereocenters. The molecule has 2 aromatic rings. The molecule has 146 valence electrons. The molecular weight excluding hydrogens is 403 g/mol. The van der Waals surface area contributed by atoms with Gasteiger partial charge >= 0.3 is 0 Å². The number of amides is 1. The first-order valence-electron chi connectivity index (χ1n) is 8.66. The Bertz CT molecular complexity index is 744. The van der Waals surface area contributed by atoms with E-state index < -0.39 is 5.41 Å². The Labute approximate surface area is 175 Å². The predicted molar refractivity (Wildman–Crippen MR) is 114 cm³/mol. The van der Waals surface area contributed by atoms with Crippen molar-refractivity contribution in [1.29, 1.82) is 0 Å². The number of halogens is 2. The highest BCUT2D eigenvalue weighted by Crippen LogP contribution is 2.33. The SMILES string of the molecule is COCC1(C(=O)Nc2cccc(Sc3ccc(Cl)cc3)c2)CCNCC1.Cl. The van der Waals surface area contributed by atoms with Crippen LogP contribution in [0.1, 0.15) is 12.8 Å². The number of carbonyl (C=O) groups is 1. The summed E-state index contributed by atoms with van der Waals surface area (Å²) in [6.07, 6.45) is 1.57. The molecule has 2 N–H and O–H groups in total. The van der Waals surface area contributed by atoms with E-state index >= 15 is 0 Å². The van der Waals surface area contributed by atoms with Gasteiger partial charge in [0.2, 0.25) is 5.91 Å². The Hall–Kier alpha value is -1.24. The van der Waals surface area contributed by atoms with E-state index in [-0.39, 0.29) is 18.3 Å². The summed E-state index contributed by atoms with van der Waals surface area (Å²) in [5, 5.41) is 7.12. The first-order valence-corrected chi connectivity index (χ1v) is 9.85. The lowest BCUT2D eigenvalue weighted by atomic mass is 9.78. The lowest BCUT2D eigenvalue weighted by Crippen LogP contribution is -2.47. The van der Waals surface area contributed by atoms with Crippen LogP contribution >= 0.6 is 35.8 Å². The summed E-state index contributed by atoms with van der Waals surface area (Å²) in [4.78, 5) is 15.1.